The molecule has 1 aliphatic rings. The Hall–Kier alpha value is -2.51. The van der Waals surface area contributed by atoms with Crippen LogP contribution in [0.4, 0.5) is 0 Å². The number of aliphatic carboxylic acids is 1. The number of hydrogen-bond acceptors (Lipinski definition) is 5. The van der Waals surface area contributed by atoms with Gasteiger partial charge < -0.3 is 10.2 Å². The highest BCUT2D eigenvalue weighted by Crippen LogP contribution is 2.31. The number of Topliss-reactive ketones (excluding diaryl/α,β-unsaturated/α-hetero) is 1. The summed E-state index contributed by atoms with van der Waals surface area (Å²) < 4.78 is 1.74. The number of aromatic hydroxyl groups is 1. The zero-order valence-corrected chi connectivity index (χ0v) is 14.1. The van der Waals surface area contributed by atoms with Crippen LogP contribution in [0.5, 0.6) is 5.88 Å². The van der Waals surface area contributed by atoms with Crippen molar-refractivity contribution < 1.29 is 19.8 Å². The van der Waals surface area contributed by atoms with Crippen LogP contribution in [0.25, 0.3) is 12.2 Å². The molecule has 2 N–H and O–H groups in total. The first kappa shape index (κ1) is 16.4. The molecule has 0 fully saturated rings. The Bertz CT molecular complexity index is 950. The summed E-state index contributed by atoms with van der Waals surface area (Å²) in [5, 5.41) is 19.0. The van der Waals surface area contributed by atoms with Crippen molar-refractivity contribution in [3.05, 3.63) is 55.9 Å². The Kier molecular flexibility index (Phi) is 4.46. The monoisotopic (exact) mass is 359 g/mol. The number of rotatable bonds is 4. The van der Waals surface area contributed by atoms with Crippen molar-refractivity contribution in [2.24, 2.45) is 0 Å². The van der Waals surface area contributed by atoms with Gasteiger partial charge in [0.25, 0.3) is 0 Å². The third kappa shape index (κ3) is 3.08. The van der Waals surface area contributed by atoms with E-state index in [1.54, 1.807) is 24.3 Å². The lowest BCUT2D eigenvalue weighted by molar-refractivity contribution is -0.137. The molecule has 0 spiro atoms. The van der Waals surface area contributed by atoms with E-state index in [0.717, 1.165) is 16.9 Å². The van der Waals surface area contributed by atoms with Crippen LogP contribution < -0.4 is 0 Å². The van der Waals surface area contributed by atoms with Crippen molar-refractivity contribution in [3.8, 4) is 5.88 Å². The van der Waals surface area contributed by atoms with E-state index >= 15 is 0 Å². The summed E-state index contributed by atoms with van der Waals surface area (Å²) in [6.45, 7) is 0.0896. The van der Waals surface area contributed by atoms with Crippen LogP contribution in [-0.2, 0) is 11.3 Å². The summed E-state index contributed by atoms with van der Waals surface area (Å²) in [6.07, 6.45) is 5.00. The molecule has 3 rings (SSSR count). The van der Waals surface area contributed by atoms with Crippen LogP contribution in [-0.4, -0.2) is 26.5 Å². The molecule has 1 aliphatic carbocycles. The van der Waals surface area contributed by atoms with Crippen LogP contribution in [0, 0.1) is 3.95 Å². The van der Waals surface area contributed by atoms with Gasteiger partial charge in [-0.3, -0.25) is 14.2 Å². The summed E-state index contributed by atoms with van der Waals surface area (Å²) >= 11 is 6.31. The van der Waals surface area contributed by atoms with E-state index in [9.17, 15) is 14.7 Å². The van der Waals surface area contributed by atoms with E-state index < -0.39 is 5.97 Å². The second kappa shape index (κ2) is 6.54. The standard InChI is InChI=1S/C17H13NO4S2/c19-14(20)7-8-18-16(22)13(24-17(18)23)9-11-6-5-10-3-1-2-4-12(10)15(11)21/h1-6,9,22H,7-8H2,(H,19,20)/b11-9+. The number of carboxylic acids is 1. The second-order valence-corrected chi connectivity index (χ2v) is 6.88. The van der Waals surface area contributed by atoms with Gasteiger partial charge in [-0.1, -0.05) is 36.4 Å². The van der Waals surface area contributed by atoms with Crippen LogP contribution in [0.1, 0.15) is 27.2 Å². The van der Waals surface area contributed by atoms with Gasteiger partial charge in [-0.2, -0.15) is 0 Å². The van der Waals surface area contributed by atoms with E-state index in [2.05, 4.69) is 0 Å². The van der Waals surface area contributed by atoms with Gasteiger partial charge in [0.15, 0.2) is 9.74 Å². The Morgan fingerprint density at radius 2 is 2.04 bits per heavy atom. The fourth-order valence-electron chi connectivity index (χ4n) is 2.43. The Balaban J connectivity index is 1.96. The van der Waals surface area contributed by atoms with Gasteiger partial charge in [0.1, 0.15) is 0 Å². The second-order valence-electron chi connectivity index (χ2n) is 5.20. The van der Waals surface area contributed by atoms with Gasteiger partial charge in [0, 0.05) is 17.7 Å². The predicted molar refractivity (Wildman–Crippen MR) is 94.8 cm³/mol. The molecule has 0 radical (unpaired) electrons. The molecule has 1 aromatic heterocycles. The molecule has 1 aromatic carbocycles. The number of ketones is 1. The molecule has 7 heteroatoms. The summed E-state index contributed by atoms with van der Waals surface area (Å²) in [6, 6.07) is 7.29. The summed E-state index contributed by atoms with van der Waals surface area (Å²) in [5.41, 5.74) is 1.92. The molecule has 0 saturated heterocycles. The maximum absolute atomic E-state index is 12.5. The number of carboxylic acid groups (broad SMARTS) is 1. The van der Waals surface area contributed by atoms with Gasteiger partial charge in [-0.05, 0) is 23.9 Å². The van der Waals surface area contributed by atoms with E-state index in [-0.39, 0.29) is 24.6 Å². The van der Waals surface area contributed by atoms with Gasteiger partial charge in [-0.15, -0.1) is 11.3 Å². The molecule has 0 unspecified atom stereocenters. The van der Waals surface area contributed by atoms with Crippen LogP contribution in [0.15, 0.2) is 35.9 Å². The summed E-state index contributed by atoms with van der Waals surface area (Å²) in [5.74, 6) is -1.20. The molecule has 0 bridgehead atoms. The minimum Gasteiger partial charge on any atom is -0.493 e. The molecule has 2 aromatic rings. The number of fused-ring (bicyclic) bond motifs is 1. The number of carbonyl (C=O) groups is 2. The minimum absolute atomic E-state index is 0.0896. The van der Waals surface area contributed by atoms with Crippen LogP contribution in [0.2, 0.25) is 0 Å². The summed E-state index contributed by atoms with van der Waals surface area (Å²) in [7, 11) is 0. The molecule has 1 heterocycles. The Labute approximate surface area is 146 Å². The summed E-state index contributed by atoms with van der Waals surface area (Å²) in [4.78, 5) is 23.7. The van der Waals surface area contributed by atoms with E-state index in [0.29, 0.717) is 20.0 Å². The van der Waals surface area contributed by atoms with Crippen molar-refractivity contribution in [1.82, 2.24) is 4.57 Å². The largest absolute Gasteiger partial charge is 0.493 e. The maximum Gasteiger partial charge on any atom is 0.305 e. The number of carbonyl (C=O) groups excluding carboxylic acids is 1. The number of hydrogen-bond donors (Lipinski definition) is 2. The molecular formula is C17H13NO4S2. The third-order valence-electron chi connectivity index (χ3n) is 3.64. The van der Waals surface area contributed by atoms with Crippen molar-refractivity contribution >= 4 is 47.5 Å². The lowest BCUT2D eigenvalue weighted by atomic mass is 9.92. The number of thiazole rings is 1. The molecule has 0 amide bonds. The Morgan fingerprint density at radius 3 is 2.79 bits per heavy atom. The smallest absolute Gasteiger partial charge is 0.305 e. The fourth-order valence-corrected chi connectivity index (χ4v) is 3.74. The van der Waals surface area contributed by atoms with E-state index in [1.165, 1.54) is 4.57 Å². The fraction of sp³-hybridized carbons (Fsp3) is 0.118. The van der Waals surface area contributed by atoms with Crippen molar-refractivity contribution in [2.75, 3.05) is 0 Å². The molecule has 0 saturated carbocycles. The molecule has 5 nitrogen and oxygen atoms in total. The SMILES string of the molecule is O=C(O)CCn1c(O)c(/C=C2\C=Cc3ccccc3C2=O)sc1=S. The number of aromatic nitrogens is 1. The molecule has 122 valence electrons. The highest BCUT2D eigenvalue weighted by molar-refractivity contribution is 7.73. The predicted octanol–water partition coefficient (Wildman–Crippen LogP) is 3.75. The van der Waals surface area contributed by atoms with E-state index in [1.807, 2.05) is 18.2 Å². The van der Waals surface area contributed by atoms with Crippen molar-refractivity contribution in [2.45, 2.75) is 13.0 Å². The molecule has 0 atom stereocenters. The number of allylic oxidation sites excluding steroid dienone is 2. The topological polar surface area (TPSA) is 79.5 Å². The molecule has 0 aliphatic heterocycles. The first-order chi connectivity index (χ1) is 11.5. The highest BCUT2D eigenvalue weighted by Gasteiger charge is 2.19. The lowest BCUT2D eigenvalue weighted by Crippen LogP contribution is -2.07. The van der Waals surface area contributed by atoms with Crippen molar-refractivity contribution in [1.29, 1.82) is 0 Å². The van der Waals surface area contributed by atoms with Crippen LogP contribution in [0.3, 0.4) is 0 Å². The zero-order chi connectivity index (χ0) is 17.3. The normalized spacial score (nSPS) is 14.8. The third-order valence-corrected chi connectivity index (χ3v) is 5.03. The minimum atomic E-state index is -0.968. The Morgan fingerprint density at radius 1 is 1.29 bits per heavy atom. The number of nitrogens with zero attached hydrogens (tertiary/aromatic N) is 1. The first-order valence-corrected chi connectivity index (χ1v) is 8.37. The van der Waals surface area contributed by atoms with Gasteiger partial charge in [0.2, 0.25) is 5.88 Å². The lowest BCUT2D eigenvalue weighted by Gasteiger charge is -2.11. The van der Waals surface area contributed by atoms with Gasteiger partial charge in [-0.25, -0.2) is 0 Å². The average Bonchev–Trinajstić information content (AvgIpc) is 2.82. The number of benzene rings is 1. The zero-order valence-electron chi connectivity index (χ0n) is 12.4. The van der Waals surface area contributed by atoms with Gasteiger partial charge in [0.05, 0.1) is 11.3 Å². The molecule has 24 heavy (non-hydrogen) atoms. The quantitative estimate of drug-likeness (QED) is 0.642. The highest BCUT2D eigenvalue weighted by atomic mass is 32.1. The molecular weight excluding hydrogens is 346 g/mol. The van der Waals surface area contributed by atoms with Crippen LogP contribution >= 0.6 is 23.6 Å². The van der Waals surface area contributed by atoms with Crippen molar-refractivity contribution in [3.63, 3.8) is 0 Å². The average molecular weight is 359 g/mol. The maximum atomic E-state index is 12.5. The van der Waals surface area contributed by atoms with E-state index in [4.69, 9.17) is 17.3 Å². The first-order valence-electron chi connectivity index (χ1n) is 7.15. The van der Waals surface area contributed by atoms with Gasteiger partial charge >= 0.3 is 5.97 Å².